The number of nitrogens with zero attached hydrogens (tertiary/aromatic N) is 2. The largest absolute Gasteiger partial charge is 0.493 e. The second kappa shape index (κ2) is 7.57. The highest BCUT2D eigenvalue weighted by Gasteiger charge is 2.25. The molecule has 134 valence electrons. The molecular formula is C18H15BrN2O5. The van der Waals surface area contributed by atoms with Crippen LogP contribution in [-0.2, 0) is 9.53 Å². The molecule has 0 radical (unpaired) electrons. The molecule has 26 heavy (non-hydrogen) atoms. The smallest absolute Gasteiger partial charge is 0.363 e. The molecule has 0 N–H and O–H groups in total. The molecule has 1 aliphatic rings. The van der Waals surface area contributed by atoms with Crippen LogP contribution in [0.5, 0.6) is 17.2 Å². The molecule has 1 aromatic carbocycles. The molecule has 3 rings (SSSR count). The Morgan fingerprint density at radius 2 is 1.73 bits per heavy atom. The van der Waals surface area contributed by atoms with Crippen molar-refractivity contribution in [2.75, 3.05) is 21.3 Å². The van der Waals surface area contributed by atoms with Gasteiger partial charge in [0.2, 0.25) is 11.6 Å². The molecule has 0 aliphatic carbocycles. The first kappa shape index (κ1) is 17.9. The Hall–Kier alpha value is -2.87. The van der Waals surface area contributed by atoms with Gasteiger partial charge in [0.15, 0.2) is 17.2 Å². The summed E-state index contributed by atoms with van der Waals surface area (Å²) in [4.78, 5) is 20.5. The van der Waals surface area contributed by atoms with Crippen LogP contribution in [0.4, 0.5) is 0 Å². The molecule has 0 amide bonds. The average molecular weight is 419 g/mol. The van der Waals surface area contributed by atoms with Gasteiger partial charge in [-0.1, -0.05) is 0 Å². The second-order valence-corrected chi connectivity index (χ2v) is 6.10. The molecule has 0 saturated carbocycles. The highest BCUT2D eigenvalue weighted by Crippen LogP contribution is 2.39. The molecule has 0 bridgehead atoms. The minimum atomic E-state index is -0.547. The lowest BCUT2D eigenvalue weighted by Crippen LogP contribution is -2.05. The summed E-state index contributed by atoms with van der Waals surface area (Å²) in [5.74, 6) is 1.07. The van der Waals surface area contributed by atoms with Crippen molar-refractivity contribution in [1.82, 2.24) is 4.98 Å². The Labute approximate surface area is 158 Å². The number of methoxy groups -OCH3 is 3. The molecule has 0 unspecified atom stereocenters. The molecule has 2 heterocycles. The minimum absolute atomic E-state index is 0.161. The molecule has 1 aliphatic heterocycles. The number of aromatic nitrogens is 1. The number of esters is 1. The quantitative estimate of drug-likeness (QED) is 0.547. The average Bonchev–Trinajstić information content (AvgIpc) is 3.01. The van der Waals surface area contributed by atoms with Crippen molar-refractivity contribution in [2.45, 2.75) is 0 Å². The third kappa shape index (κ3) is 3.55. The van der Waals surface area contributed by atoms with Crippen LogP contribution in [0.1, 0.15) is 11.1 Å². The normalized spacial score (nSPS) is 14.8. The molecular weight excluding hydrogens is 404 g/mol. The summed E-state index contributed by atoms with van der Waals surface area (Å²) in [6, 6.07) is 5.20. The molecule has 0 fully saturated rings. The SMILES string of the molecule is COc1cc(/C=C2\N=C(c3cncc(Br)c3)OC2=O)cc(OC)c1OC. The van der Waals surface area contributed by atoms with Crippen molar-refractivity contribution in [1.29, 1.82) is 0 Å². The standard InChI is InChI=1S/C18H15BrN2O5/c1-23-14-5-10(6-15(24-2)16(14)25-3)4-13-18(22)26-17(21-13)11-7-12(19)9-20-8-11/h4-9H,1-3H3/b13-4-. The van der Waals surface area contributed by atoms with Crippen LogP contribution in [0.2, 0.25) is 0 Å². The summed E-state index contributed by atoms with van der Waals surface area (Å²) < 4.78 is 21.9. The monoisotopic (exact) mass is 418 g/mol. The highest BCUT2D eigenvalue weighted by molar-refractivity contribution is 9.10. The van der Waals surface area contributed by atoms with E-state index in [1.54, 1.807) is 36.7 Å². The Balaban J connectivity index is 2.00. The summed E-state index contributed by atoms with van der Waals surface area (Å²) >= 11 is 3.33. The Morgan fingerprint density at radius 1 is 1.04 bits per heavy atom. The number of pyridine rings is 1. The number of aliphatic imine (C=N–C) groups is 1. The van der Waals surface area contributed by atoms with Gasteiger partial charge in [0.25, 0.3) is 0 Å². The number of rotatable bonds is 5. The van der Waals surface area contributed by atoms with Crippen LogP contribution in [-0.4, -0.2) is 38.2 Å². The van der Waals surface area contributed by atoms with Crippen LogP contribution in [0.15, 0.2) is 45.8 Å². The summed E-state index contributed by atoms with van der Waals surface area (Å²) in [6.07, 6.45) is 4.79. The Kier molecular flexibility index (Phi) is 5.22. The van der Waals surface area contributed by atoms with Crippen molar-refractivity contribution >= 4 is 33.9 Å². The van der Waals surface area contributed by atoms with Crippen LogP contribution >= 0.6 is 15.9 Å². The van der Waals surface area contributed by atoms with Gasteiger partial charge >= 0.3 is 5.97 Å². The van der Waals surface area contributed by atoms with Crippen molar-refractivity contribution in [3.8, 4) is 17.2 Å². The van der Waals surface area contributed by atoms with E-state index in [1.807, 2.05) is 0 Å². The third-order valence-electron chi connectivity index (χ3n) is 3.56. The van der Waals surface area contributed by atoms with E-state index in [0.717, 1.165) is 4.47 Å². The zero-order chi connectivity index (χ0) is 18.7. The van der Waals surface area contributed by atoms with Gasteiger partial charge in [0.1, 0.15) is 0 Å². The van der Waals surface area contributed by atoms with E-state index in [0.29, 0.717) is 28.4 Å². The van der Waals surface area contributed by atoms with Gasteiger partial charge in [-0.2, -0.15) is 0 Å². The number of carbonyl (C=O) groups is 1. The minimum Gasteiger partial charge on any atom is -0.493 e. The van der Waals surface area contributed by atoms with Crippen LogP contribution in [0.3, 0.4) is 0 Å². The fourth-order valence-electron chi connectivity index (χ4n) is 2.40. The van der Waals surface area contributed by atoms with Crippen molar-refractivity contribution in [2.24, 2.45) is 4.99 Å². The van der Waals surface area contributed by atoms with Crippen LogP contribution in [0.25, 0.3) is 6.08 Å². The zero-order valence-corrected chi connectivity index (χ0v) is 15.9. The number of halogens is 1. The topological polar surface area (TPSA) is 79.2 Å². The third-order valence-corrected chi connectivity index (χ3v) is 4.00. The number of carbonyl (C=O) groups excluding carboxylic acids is 1. The first-order valence-corrected chi connectivity index (χ1v) is 8.28. The number of hydrogen-bond acceptors (Lipinski definition) is 7. The number of ether oxygens (including phenoxy) is 4. The maximum atomic E-state index is 12.2. The summed E-state index contributed by atoms with van der Waals surface area (Å²) in [5, 5.41) is 0. The molecule has 1 aromatic heterocycles. The van der Waals surface area contributed by atoms with E-state index in [-0.39, 0.29) is 11.6 Å². The Morgan fingerprint density at radius 3 is 2.31 bits per heavy atom. The van der Waals surface area contributed by atoms with Crippen LogP contribution in [0, 0.1) is 0 Å². The lowest BCUT2D eigenvalue weighted by atomic mass is 10.1. The summed E-state index contributed by atoms with van der Waals surface area (Å²) in [6.45, 7) is 0. The molecule has 0 saturated heterocycles. The number of cyclic esters (lactones) is 1. The maximum Gasteiger partial charge on any atom is 0.363 e. The van der Waals surface area contributed by atoms with Crippen LogP contribution < -0.4 is 14.2 Å². The van der Waals surface area contributed by atoms with Gasteiger partial charge in [-0.15, -0.1) is 0 Å². The van der Waals surface area contributed by atoms with E-state index in [1.165, 1.54) is 21.3 Å². The molecule has 8 heteroatoms. The number of hydrogen-bond donors (Lipinski definition) is 0. The fourth-order valence-corrected chi connectivity index (χ4v) is 2.77. The van der Waals surface area contributed by atoms with Crippen molar-refractivity contribution in [3.05, 3.63) is 51.9 Å². The van der Waals surface area contributed by atoms with E-state index in [2.05, 4.69) is 25.9 Å². The van der Waals surface area contributed by atoms with Gasteiger partial charge in [-0.3, -0.25) is 4.98 Å². The van der Waals surface area contributed by atoms with E-state index in [9.17, 15) is 4.79 Å². The van der Waals surface area contributed by atoms with Crippen molar-refractivity contribution < 1.29 is 23.7 Å². The zero-order valence-electron chi connectivity index (χ0n) is 14.3. The highest BCUT2D eigenvalue weighted by atomic mass is 79.9. The van der Waals surface area contributed by atoms with Gasteiger partial charge in [-0.25, -0.2) is 9.79 Å². The second-order valence-electron chi connectivity index (χ2n) is 5.19. The van der Waals surface area contributed by atoms with Gasteiger partial charge < -0.3 is 18.9 Å². The van der Waals surface area contributed by atoms with Crippen molar-refractivity contribution in [3.63, 3.8) is 0 Å². The number of benzene rings is 1. The van der Waals surface area contributed by atoms with E-state index < -0.39 is 5.97 Å². The lowest BCUT2D eigenvalue weighted by Gasteiger charge is -2.12. The fraction of sp³-hybridized carbons (Fsp3) is 0.167. The molecule has 0 spiro atoms. The maximum absolute atomic E-state index is 12.2. The van der Waals surface area contributed by atoms with E-state index >= 15 is 0 Å². The summed E-state index contributed by atoms with van der Waals surface area (Å²) in [7, 11) is 4.57. The predicted octanol–water partition coefficient (Wildman–Crippen LogP) is 3.21. The molecule has 7 nitrogen and oxygen atoms in total. The summed E-state index contributed by atoms with van der Waals surface area (Å²) in [5.41, 5.74) is 1.42. The molecule has 2 aromatic rings. The first-order valence-electron chi connectivity index (χ1n) is 7.49. The lowest BCUT2D eigenvalue weighted by molar-refractivity contribution is -0.129. The predicted molar refractivity (Wildman–Crippen MR) is 98.6 cm³/mol. The van der Waals surface area contributed by atoms with Gasteiger partial charge in [0.05, 0.1) is 26.9 Å². The van der Waals surface area contributed by atoms with Gasteiger partial charge in [0, 0.05) is 16.9 Å². The van der Waals surface area contributed by atoms with Gasteiger partial charge in [-0.05, 0) is 45.8 Å². The first-order chi connectivity index (χ1) is 12.5. The Bertz CT molecular complexity index is 899. The van der Waals surface area contributed by atoms with E-state index in [4.69, 9.17) is 18.9 Å². The molecule has 0 atom stereocenters.